The van der Waals surface area contributed by atoms with E-state index in [1.807, 2.05) is 16.7 Å². The summed E-state index contributed by atoms with van der Waals surface area (Å²) in [5, 5.41) is 45.2. The predicted molar refractivity (Wildman–Crippen MR) is 145 cm³/mol. The second-order valence-corrected chi connectivity index (χ2v) is 11.2. The molecule has 4 atom stereocenters. The van der Waals surface area contributed by atoms with Gasteiger partial charge in [0.15, 0.2) is 11.4 Å². The van der Waals surface area contributed by atoms with E-state index in [0.717, 1.165) is 0 Å². The fourth-order valence-corrected chi connectivity index (χ4v) is 6.75. The third kappa shape index (κ3) is 4.25. The maximum absolute atomic E-state index is 14.0. The van der Waals surface area contributed by atoms with Crippen molar-refractivity contribution >= 4 is 28.9 Å². The molecule has 0 radical (unpaired) electrons. The van der Waals surface area contributed by atoms with Crippen LogP contribution in [0.4, 0.5) is 10.1 Å². The number of ketones is 2. The average Bonchev–Trinajstić information content (AvgIpc) is 2.85. The number of aliphatic hydroxyl groups is 3. The first kappa shape index (κ1) is 29.5. The second-order valence-electron chi connectivity index (χ2n) is 11.2. The first-order chi connectivity index (χ1) is 18.7. The minimum atomic E-state index is -2.68. The van der Waals surface area contributed by atoms with Crippen LogP contribution < -0.4 is 10.6 Å². The largest absolute Gasteiger partial charge is 0.508 e. The number of amides is 1. The van der Waals surface area contributed by atoms with E-state index in [2.05, 4.69) is 0 Å². The van der Waals surface area contributed by atoms with Gasteiger partial charge in [-0.3, -0.25) is 24.2 Å². The molecule has 1 amide bonds. The summed E-state index contributed by atoms with van der Waals surface area (Å²) in [4.78, 5) is 44.5. The van der Waals surface area contributed by atoms with Crippen molar-refractivity contribution in [3.05, 3.63) is 39.7 Å². The van der Waals surface area contributed by atoms with E-state index in [1.54, 1.807) is 28.2 Å². The summed E-state index contributed by atoms with van der Waals surface area (Å²) in [6, 6.07) is 0.324. The molecule has 1 aromatic carbocycles. The number of phenols is 1. The molecule has 11 nitrogen and oxygen atoms in total. The number of fused-ring (bicyclic) bond motifs is 3. The summed E-state index contributed by atoms with van der Waals surface area (Å²) in [5.41, 5.74) is 3.63. The smallest absolute Gasteiger partial charge is 0.255 e. The van der Waals surface area contributed by atoms with Crippen LogP contribution in [0.5, 0.6) is 5.75 Å². The number of carbonyl (C=O) groups excluding carboxylic acids is 3. The average molecular weight is 561 g/mol. The van der Waals surface area contributed by atoms with Gasteiger partial charge in [0.05, 0.1) is 11.6 Å². The molecule has 12 heteroatoms. The number of rotatable bonds is 8. The van der Waals surface area contributed by atoms with Crippen molar-refractivity contribution in [2.24, 2.45) is 17.6 Å². The molecule has 6 N–H and O–H groups in total. The highest BCUT2D eigenvalue weighted by Crippen LogP contribution is 2.54. The van der Waals surface area contributed by atoms with Crippen molar-refractivity contribution in [2.75, 3.05) is 52.9 Å². The fraction of sp³-hybridized carbons (Fsp3) is 0.536. The van der Waals surface area contributed by atoms with Crippen LogP contribution in [-0.2, 0) is 27.3 Å². The van der Waals surface area contributed by atoms with Gasteiger partial charge in [0.1, 0.15) is 29.5 Å². The van der Waals surface area contributed by atoms with Gasteiger partial charge in [0.2, 0.25) is 5.78 Å². The number of hydrogen-bond acceptors (Lipinski definition) is 10. The van der Waals surface area contributed by atoms with E-state index in [-0.39, 0.29) is 36.3 Å². The van der Waals surface area contributed by atoms with Gasteiger partial charge in [0.25, 0.3) is 5.91 Å². The molecule has 0 unspecified atom stereocenters. The summed E-state index contributed by atoms with van der Waals surface area (Å²) in [6.45, 7) is 2.49. The number of halogens is 1. The Labute approximate surface area is 232 Å². The molecule has 0 bridgehead atoms. The third-order valence-electron chi connectivity index (χ3n) is 8.46. The molecule has 40 heavy (non-hydrogen) atoms. The maximum atomic E-state index is 14.0. The minimum absolute atomic E-state index is 0.00650. The number of anilines is 1. The quantitative estimate of drug-likeness (QED) is 0.287. The Bertz CT molecular complexity index is 1340. The Kier molecular flexibility index (Phi) is 7.74. The molecule has 0 spiro atoms. The molecule has 218 valence electrons. The zero-order chi connectivity index (χ0) is 29.8. The molecule has 3 aliphatic rings. The first-order valence-corrected chi connectivity index (χ1v) is 13.2. The number of likely N-dealkylation sites (N-methyl/N-ethyl adjacent to an activating group) is 1. The van der Waals surface area contributed by atoms with Crippen LogP contribution in [0.2, 0.25) is 0 Å². The summed E-state index contributed by atoms with van der Waals surface area (Å²) in [5.74, 6) is -6.91. The molecular weight excluding hydrogens is 523 g/mol. The topological polar surface area (TPSA) is 168 Å². The van der Waals surface area contributed by atoms with Crippen LogP contribution in [-0.4, -0.2) is 107 Å². The Balaban J connectivity index is 1.94. The number of aliphatic hydroxyl groups excluding tert-OH is 2. The number of hydrogen-bond donors (Lipinski definition) is 5. The Morgan fingerprint density at radius 2 is 1.82 bits per heavy atom. The first-order valence-electron chi connectivity index (χ1n) is 13.2. The van der Waals surface area contributed by atoms with Gasteiger partial charge in [0, 0.05) is 44.4 Å². The zero-order valence-electron chi connectivity index (χ0n) is 23.4. The van der Waals surface area contributed by atoms with E-state index in [0.29, 0.717) is 29.9 Å². The number of primary amides is 1. The van der Waals surface area contributed by atoms with Crippen LogP contribution in [0.3, 0.4) is 0 Å². The van der Waals surface area contributed by atoms with Gasteiger partial charge in [-0.15, -0.1) is 0 Å². The maximum Gasteiger partial charge on any atom is 0.255 e. The molecule has 1 aromatic rings. The lowest BCUT2D eigenvalue weighted by Crippen LogP contribution is -2.65. The van der Waals surface area contributed by atoms with Crippen molar-refractivity contribution in [1.29, 1.82) is 0 Å². The van der Waals surface area contributed by atoms with E-state index in [4.69, 9.17) is 5.73 Å². The number of nitrogens with zero attached hydrogens (tertiary/aromatic N) is 3. The molecular formula is C28H37FN4O7. The Hall–Kier alpha value is -3.48. The predicted octanol–water partition coefficient (Wildman–Crippen LogP) is 0.821. The molecule has 0 saturated heterocycles. The third-order valence-corrected chi connectivity index (χ3v) is 8.46. The fourth-order valence-electron chi connectivity index (χ4n) is 6.75. The molecule has 3 aliphatic carbocycles. The number of benzene rings is 1. The molecule has 1 fully saturated rings. The Morgan fingerprint density at radius 1 is 1.18 bits per heavy atom. The molecule has 0 aliphatic heterocycles. The number of aromatic hydroxyl groups is 1. The van der Waals surface area contributed by atoms with Crippen molar-refractivity contribution < 1.29 is 39.2 Å². The monoisotopic (exact) mass is 560 g/mol. The SMILES string of the molecule is CCN(CCF)Cc1cc(O)c2c(c1N(C)C)C[C@H]1C[C@H]3[C@H](N(C)C)C(=O)C(C(N)=O)=C(O)[C@@]3(O)C(=O)C1=C2O. The lowest BCUT2D eigenvalue weighted by molar-refractivity contribution is -0.153. The normalized spacial score (nSPS) is 26.3. The number of nitrogens with two attached hydrogens (primary N) is 1. The van der Waals surface area contributed by atoms with Gasteiger partial charge in [-0.1, -0.05) is 6.92 Å². The van der Waals surface area contributed by atoms with Crippen molar-refractivity contribution in [3.63, 3.8) is 0 Å². The lowest BCUT2D eigenvalue weighted by Gasteiger charge is -2.50. The lowest BCUT2D eigenvalue weighted by atomic mass is 9.57. The number of phenolic OH excluding ortho intramolecular Hbond substituents is 1. The minimum Gasteiger partial charge on any atom is -0.508 e. The highest BCUT2D eigenvalue weighted by molar-refractivity contribution is 6.24. The number of carbonyl (C=O) groups is 3. The summed E-state index contributed by atoms with van der Waals surface area (Å²) >= 11 is 0. The van der Waals surface area contributed by atoms with Crippen LogP contribution in [0.25, 0.3) is 5.76 Å². The summed E-state index contributed by atoms with van der Waals surface area (Å²) in [7, 11) is 6.72. The van der Waals surface area contributed by atoms with Crippen molar-refractivity contribution in [3.8, 4) is 5.75 Å². The van der Waals surface area contributed by atoms with E-state index in [1.165, 1.54) is 11.0 Å². The number of Topliss-reactive ketones (excluding diaryl/α,β-unsaturated/α-hetero) is 2. The van der Waals surface area contributed by atoms with E-state index >= 15 is 0 Å². The van der Waals surface area contributed by atoms with Gasteiger partial charge < -0.3 is 31.1 Å². The highest BCUT2D eigenvalue weighted by atomic mass is 19.1. The zero-order valence-corrected chi connectivity index (χ0v) is 23.4. The van der Waals surface area contributed by atoms with Crippen LogP contribution in [0.1, 0.15) is 30.0 Å². The van der Waals surface area contributed by atoms with Gasteiger partial charge in [-0.05, 0) is 56.6 Å². The number of alkyl halides is 1. The molecule has 0 aromatic heterocycles. The highest BCUT2D eigenvalue weighted by Gasteiger charge is 2.64. The van der Waals surface area contributed by atoms with Gasteiger partial charge in [-0.25, -0.2) is 4.39 Å². The molecule has 1 saturated carbocycles. The van der Waals surface area contributed by atoms with Crippen LogP contribution in [0, 0.1) is 11.8 Å². The summed E-state index contributed by atoms with van der Waals surface area (Å²) < 4.78 is 13.1. The van der Waals surface area contributed by atoms with Gasteiger partial charge in [-0.2, -0.15) is 0 Å². The van der Waals surface area contributed by atoms with E-state index < -0.39 is 64.7 Å². The van der Waals surface area contributed by atoms with Crippen LogP contribution >= 0.6 is 0 Å². The molecule has 0 heterocycles. The second kappa shape index (κ2) is 10.5. The summed E-state index contributed by atoms with van der Waals surface area (Å²) in [6.07, 6.45) is 0.186. The van der Waals surface area contributed by atoms with Gasteiger partial charge >= 0.3 is 0 Å². The van der Waals surface area contributed by atoms with Crippen molar-refractivity contribution in [1.82, 2.24) is 9.80 Å². The van der Waals surface area contributed by atoms with E-state index in [9.17, 15) is 39.2 Å². The van der Waals surface area contributed by atoms with Crippen molar-refractivity contribution in [2.45, 2.75) is 38.0 Å². The Morgan fingerprint density at radius 3 is 2.35 bits per heavy atom. The molecule has 4 rings (SSSR count). The standard InChI is InChI=1S/C28H37FN4O7/c1-6-33(8-7-29)12-14-11-17(34)19-15(21(14)31(2)3)9-13-10-16-22(32(4)5)24(36)20(27(30)39)26(38)28(16,40)25(37)18(13)23(19)35/h11,13,16,22,34-35,38,40H,6-10,12H2,1-5H3,(H2,30,39)/t13-,16-,22-,28-/m0/s1. The van der Waals surface area contributed by atoms with Crippen LogP contribution in [0.15, 0.2) is 23.0 Å².